The van der Waals surface area contributed by atoms with E-state index in [0.29, 0.717) is 19.1 Å². The number of carboxylic acids is 1. The summed E-state index contributed by atoms with van der Waals surface area (Å²) in [6.07, 6.45) is 2.33. The SMILES string of the molecule is COCCN(CC(=O)O)C(=O)COCC1CC1. The molecule has 1 aliphatic carbocycles. The van der Waals surface area contributed by atoms with Crippen molar-refractivity contribution in [3.8, 4) is 0 Å². The lowest BCUT2D eigenvalue weighted by Gasteiger charge is -2.20. The number of rotatable bonds is 9. The predicted molar refractivity (Wildman–Crippen MR) is 59.6 cm³/mol. The van der Waals surface area contributed by atoms with Gasteiger partial charge in [-0.2, -0.15) is 0 Å². The Balaban J connectivity index is 2.25. The maximum Gasteiger partial charge on any atom is 0.323 e. The second-order valence-electron chi connectivity index (χ2n) is 4.16. The first-order valence-electron chi connectivity index (χ1n) is 5.69. The van der Waals surface area contributed by atoms with Gasteiger partial charge in [0.1, 0.15) is 13.2 Å². The lowest BCUT2D eigenvalue weighted by molar-refractivity contribution is -0.147. The third kappa shape index (κ3) is 6.23. The van der Waals surface area contributed by atoms with Gasteiger partial charge in [-0.3, -0.25) is 9.59 Å². The van der Waals surface area contributed by atoms with Crippen molar-refractivity contribution in [1.29, 1.82) is 0 Å². The van der Waals surface area contributed by atoms with E-state index in [-0.39, 0.29) is 25.6 Å². The first kappa shape index (κ1) is 13.9. The van der Waals surface area contributed by atoms with E-state index in [0.717, 1.165) is 12.8 Å². The molecule has 1 fully saturated rings. The van der Waals surface area contributed by atoms with E-state index in [1.165, 1.54) is 12.0 Å². The first-order valence-corrected chi connectivity index (χ1v) is 5.69. The molecular formula is C11H19NO5. The summed E-state index contributed by atoms with van der Waals surface area (Å²) in [5.41, 5.74) is 0. The smallest absolute Gasteiger partial charge is 0.323 e. The highest BCUT2D eigenvalue weighted by Crippen LogP contribution is 2.28. The molecule has 0 aromatic rings. The Morgan fingerprint density at radius 2 is 2.12 bits per heavy atom. The van der Waals surface area contributed by atoms with Crippen LogP contribution >= 0.6 is 0 Å². The van der Waals surface area contributed by atoms with Gasteiger partial charge < -0.3 is 19.5 Å². The Labute approximate surface area is 100 Å². The molecule has 1 N–H and O–H groups in total. The molecule has 0 bridgehead atoms. The van der Waals surface area contributed by atoms with Gasteiger partial charge in [-0.05, 0) is 18.8 Å². The van der Waals surface area contributed by atoms with E-state index in [1.807, 2.05) is 0 Å². The van der Waals surface area contributed by atoms with Crippen LogP contribution in [-0.2, 0) is 19.1 Å². The van der Waals surface area contributed by atoms with Gasteiger partial charge in [-0.25, -0.2) is 0 Å². The molecule has 0 aromatic heterocycles. The number of nitrogens with zero attached hydrogens (tertiary/aromatic N) is 1. The number of hydrogen-bond donors (Lipinski definition) is 1. The Hall–Kier alpha value is -1.14. The molecular weight excluding hydrogens is 226 g/mol. The van der Waals surface area contributed by atoms with Gasteiger partial charge in [-0.15, -0.1) is 0 Å². The Kier molecular flexibility index (Phi) is 5.93. The lowest BCUT2D eigenvalue weighted by Crippen LogP contribution is -2.40. The van der Waals surface area contributed by atoms with Crippen LogP contribution < -0.4 is 0 Å². The minimum absolute atomic E-state index is 0.0481. The van der Waals surface area contributed by atoms with Crippen molar-refractivity contribution in [2.45, 2.75) is 12.8 Å². The van der Waals surface area contributed by atoms with E-state index < -0.39 is 5.97 Å². The zero-order chi connectivity index (χ0) is 12.7. The summed E-state index contributed by atoms with van der Waals surface area (Å²) in [7, 11) is 1.51. The molecule has 1 amide bonds. The second kappa shape index (κ2) is 7.24. The van der Waals surface area contributed by atoms with Gasteiger partial charge in [0, 0.05) is 13.7 Å². The number of carbonyl (C=O) groups is 2. The maximum absolute atomic E-state index is 11.7. The summed E-state index contributed by atoms with van der Waals surface area (Å²) >= 11 is 0. The van der Waals surface area contributed by atoms with Crippen LogP contribution in [-0.4, -0.2) is 61.9 Å². The molecule has 0 unspecified atom stereocenters. The molecule has 6 heteroatoms. The molecule has 0 spiro atoms. The van der Waals surface area contributed by atoms with Crippen molar-refractivity contribution in [3.05, 3.63) is 0 Å². The monoisotopic (exact) mass is 245 g/mol. The molecule has 1 saturated carbocycles. The molecule has 98 valence electrons. The van der Waals surface area contributed by atoms with Crippen molar-refractivity contribution in [3.63, 3.8) is 0 Å². The highest BCUT2D eigenvalue weighted by molar-refractivity contribution is 5.82. The van der Waals surface area contributed by atoms with Crippen LogP contribution in [0.1, 0.15) is 12.8 Å². The quantitative estimate of drug-likeness (QED) is 0.617. The number of carboxylic acid groups (broad SMARTS) is 1. The van der Waals surface area contributed by atoms with Gasteiger partial charge >= 0.3 is 5.97 Å². The topological polar surface area (TPSA) is 76.1 Å². The predicted octanol–water partition coefficient (Wildman–Crippen LogP) is -0.0274. The average Bonchev–Trinajstić information content (AvgIpc) is 3.07. The van der Waals surface area contributed by atoms with Crippen molar-refractivity contribution >= 4 is 11.9 Å². The van der Waals surface area contributed by atoms with Crippen LogP contribution in [0.4, 0.5) is 0 Å². The van der Waals surface area contributed by atoms with Crippen LogP contribution in [0.15, 0.2) is 0 Å². The molecule has 0 atom stereocenters. The molecule has 0 heterocycles. The van der Waals surface area contributed by atoms with E-state index in [1.54, 1.807) is 0 Å². The number of hydrogen-bond acceptors (Lipinski definition) is 4. The van der Waals surface area contributed by atoms with Crippen LogP contribution in [0, 0.1) is 5.92 Å². The number of ether oxygens (including phenoxy) is 2. The number of amides is 1. The average molecular weight is 245 g/mol. The van der Waals surface area contributed by atoms with Crippen LogP contribution in [0.3, 0.4) is 0 Å². The zero-order valence-corrected chi connectivity index (χ0v) is 10.1. The summed E-state index contributed by atoms with van der Waals surface area (Å²) in [6.45, 7) is 0.829. The molecule has 0 aromatic carbocycles. The third-order valence-electron chi connectivity index (χ3n) is 2.52. The third-order valence-corrected chi connectivity index (χ3v) is 2.52. The zero-order valence-electron chi connectivity index (χ0n) is 10.1. The van der Waals surface area contributed by atoms with Crippen LogP contribution in [0.2, 0.25) is 0 Å². The lowest BCUT2D eigenvalue weighted by atomic mass is 10.4. The fourth-order valence-electron chi connectivity index (χ4n) is 1.35. The van der Waals surface area contributed by atoms with Gasteiger partial charge in [0.05, 0.1) is 13.2 Å². The second-order valence-corrected chi connectivity index (χ2v) is 4.16. The Morgan fingerprint density at radius 3 is 2.65 bits per heavy atom. The normalized spacial score (nSPS) is 14.6. The fraction of sp³-hybridized carbons (Fsp3) is 0.818. The highest BCUT2D eigenvalue weighted by Gasteiger charge is 2.22. The minimum atomic E-state index is -1.03. The van der Waals surface area contributed by atoms with Crippen LogP contribution in [0.5, 0.6) is 0 Å². The van der Waals surface area contributed by atoms with Gasteiger partial charge in [-0.1, -0.05) is 0 Å². The highest BCUT2D eigenvalue weighted by atomic mass is 16.5. The standard InChI is InChI=1S/C11H19NO5/c1-16-5-4-12(6-11(14)15)10(13)8-17-7-9-2-3-9/h9H,2-8H2,1H3,(H,14,15). The first-order chi connectivity index (χ1) is 8.13. The molecule has 6 nitrogen and oxygen atoms in total. The summed E-state index contributed by atoms with van der Waals surface area (Å²) in [5.74, 6) is -0.739. The number of aliphatic carboxylic acids is 1. The van der Waals surface area contributed by atoms with E-state index in [2.05, 4.69) is 0 Å². The summed E-state index contributed by atoms with van der Waals surface area (Å²) in [4.78, 5) is 23.5. The maximum atomic E-state index is 11.7. The number of methoxy groups -OCH3 is 1. The summed E-state index contributed by atoms with van der Waals surface area (Å²) < 4.78 is 10.1. The number of carbonyl (C=O) groups excluding carboxylic acids is 1. The molecule has 1 aliphatic rings. The molecule has 0 aliphatic heterocycles. The van der Waals surface area contributed by atoms with E-state index in [4.69, 9.17) is 14.6 Å². The Bertz CT molecular complexity index is 265. The molecule has 0 saturated heterocycles. The van der Waals surface area contributed by atoms with E-state index in [9.17, 15) is 9.59 Å². The largest absolute Gasteiger partial charge is 0.480 e. The molecule has 1 rings (SSSR count). The molecule has 0 radical (unpaired) electrons. The van der Waals surface area contributed by atoms with Gasteiger partial charge in [0.15, 0.2) is 0 Å². The Morgan fingerprint density at radius 1 is 1.41 bits per heavy atom. The van der Waals surface area contributed by atoms with Crippen molar-refractivity contribution in [1.82, 2.24) is 4.90 Å². The summed E-state index contributed by atoms with van der Waals surface area (Å²) in [6, 6.07) is 0. The van der Waals surface area contributed by atoms with Gasteiger partial charge in [0.2, 0.25) is 5.91 Å². The van der Waals surface area contributed by atoms with Crippen molar-refractivity contribution < 1.29 is 24.2 Å². The van der Waals surface area contributed by atoms with Gasteiger partial charge in [0.25, 0.3) is 0 Å². The van der Waals surface area contributed by atoms with E-state index >= 15 is 0 Å². The van der Waals surface area contributed by atoms with Crippen molar-refractivity contribution in [2.75, 3.05) is 40.0 Å². The van der Waals surface area contributed by atoms with Crippen LogP contribution in [0.25, 0.3) is 0 Å². The van der Waals surface area contributed by atoms with Crippen molar-refractivity contribution in [2.24, 2.45) is 5.92 Å². The fourth-order valence-corrected chi connectivity index (χ4v) is 1.35. The minimum Gasteiger partial charge on any atom is -0.480 e. The molecule has 17 heavy (non-hydrogen) atoms. The summed E-state index contributed by atoms with van der Waals surface area (Å²) in [5, 5.41) is 8.68.